The van der Waals surface area contributed by atoms with Crippen LogP contribution in [0.1, 0.15) is 49.1 Å². The summed E-state index contributed by atoms with van der Waals surface area (Å²) in [7, 11) is 0. The van der Waals surface area contributed by atoms with E-state index in [9.17, 15) is 14.4 Å². The molecule has 0 aliphatic rings. The number of hydrogen-bond acceptors (Lipinski definition) is 4. The van der Waals surface area contributed by atoms with Crippen molar-refractivity contribution < 1.29 is 19.1 Å². The minimum Gasteiger partial charge on any atom is -0.444 e. The third-order valence-electron chi connectivity index (χ3n) is 5.11. The van der Waals surface area contributed by atoms with Crippen LogP contribution < -0.4 is 10.6 Å². The standard InChI is InChI=1S/C26H30ClN3O4/c1-8-30(21(31)15-28-25(33)34-26(5,6)7)23(19-13-9-11-16(2)18(19)4)24(32)29-22-17(3)12-10-14-20(22)27/h1,9-14,23H,15H2,2-7H3,(H,28,33)(H,29,32). The molecule has 2 rings (SSSR count). The molecule has 2 N–H and O–H groups in total. The average Bonchev–Trinajstić information content (AvgIpc) is 2.74. The number of carbonyl (C=O) groups is 3. The molecule has 34 heavy (non-hydrogen) atoms. The number of benzene rings is 2. The van der Waals surface area contributed by atoms with Crippen LogP contribution in [0.4, 0.5) is 10.5 Å². The summed E-state index contributed by atoms with van der Waals surface area (Å²) in [6.45, 7) is 10.2. The predicted octanol–water partition coefficient (Wildman–Crippen LogP) is 4.89. The molecule has 1 unspecified atom stereocenters. The number of ether oxygens (including phenoxy) is 1. The summed E-state index contributed by atoms with van der Waals surface area (Å²) in [5.74, 6) is -1.18. The Morgan fingerprint density at radius 3 is 2.29 bits per heavy atom. The van der Waals surface area contributed by atoms with Crippen LogP contribution in [-0.2, 0) is 14.3 Å². The Bertz CT molecular complexity index is 1110. The molecule has 0 radical (unpaired) electrons. The van der Waals surface area contributed by atoms with Gasteiger partial charge in [0.05, 0.1) is 10.7 Å². The Morgan fingerprint density at radius 2 is 1.71 bits per heavy atom. The van der Waals surface area contributed by atoms with Crippen molar-refractivity contribution >= 4 is 35.2 Å². The molecule has 3 amide bonds. The number of rotatable bonds is 6. The molecule has 0 heterocycles. The lowest BCUT2D eigenvalue weighted by Crippen LogP contribution is -2.44. The Labute approximate surface area is 205 Å². The molecule has 1 atom stereocenters. The summed E-state index contributed by atoms with van der Waals surface area (Å²) in [5, 5.41) is 5.57. The maximum absolute atomic E-state index is 13.5. The first-order valence-corrected chi connectivity index (χ1v) is 11.1. The first-order chi connectivity index (χ1) is 15.9. The van der Waals surface area contributed by atoms with Gasteiger partial charge in [-0.15, -0.1) is 0 Å². The number of para-hydroxylation sites is 1. The van der Waals surface area contributed by atoms with Crippen LogP contribution in [0.15, 0.2) is 36.4 Å². The van der Waals surface area contributed by atoms with Crippen molar-refractivity contribution in [1.29, 1.82) is 0 Å². The topological polar surface area (TPSA) is 87.7 Å². The Kier molecular flexibility index (Phi) is 8.72. The number of nitrogens with one attached hydrogen (secondary N) is 2. The average molecular weight is 484 g/mol. The molecule has 0 aliphatic carbocycles. The van der Waals surface area contributed by atoms with Crippen molar-refractivity contribution in [1.82, 2.24) is 10.2 Å². The van der Waals surface area contributed by atoms with Gasteiger partial charge in [-0.1, -0.05) is 48.4 Å². The number of terminal acetylenes is 1. The number of alkyl carbamates (subject to hydrolysis) is 1. The quantitative estimate of drug-likeness (QED) is 0.452. The predicted molar refractivity (Wildman–Crippen MR) is 133 cm³/mol. The summed E-state index contributed by atoms with van der Waals surface area (Å²) in [4.78, 5) is 39.6. The second-order valence-corrected chi connectivity index (χ2v) is 9.27. The number of nitrogens with zero attached hydrogens (tertiary/aromatic N) is 1. The monoisotopic (exact) mass is 483 g/mol. The smallest absolute Gasteiger partial charge is 0.408 e. The van der Waals surface area contributed by atoms with Crippen LogP contribution in [-0.4, -0.2) is 35.0 Å². The van der Waals surface area contributed by atoms with E-state index in [2.05, 4.69) is 16.7 Å². The molecule has 0 spiro atoms. The first kappa shape index (κ1) is 26.7. The Hall–Kier alpha value is -3.50. The number of halogens is 1. The van der Waals surface area contributed by atoms with E-state index in [0.29, 0.717) is 16.3 Å². The highest BCUT2D eigenvalue weighted by molar-refractivity contribution is 6.34. The summed E-state index contributed by atoms with van der Waals surface area (Å²) in [6, 6.07) is 11.8. The maximum Gasteiger partial charge on any atom is 0.408 e. The van der Waals surface area contributed by atoms with E-state index in [1.54, 1.807) is 45.0 Å². The van der Waals surface area contributed by atoms with E-state index in [-0.39, 0.29) is 0 Å². The van der Waals surface area contributed by atoms with E-state index in [4.69, 9.17) is 22.8 Å². The maximum atomic E-state index is 13.5. The third kappa shape index (κ3) is 6.75. The van der Waals surface area contributed by atoms with Crippen LogP contribution in [0.2, 0.25) is 5.02 Å². The zero-order valence-electron chi connectivity index (χ0n) is 20.3. The fourth-order valence-corrected chi connectivity index (χ4v) is 3.56. The lowest BCUT2D eigenvalue weighted by atomic mass is 9.95. The van der Waals surface area contributed by atoms with Crippen LogP contribution in [0.3, 0.4) is 0 Å². The highest BCUT2D eigenvalue weighted by atomic mass is 35.5. The highest BCUT2D eigenvalue weighted by Crippen LogP contribution is 2.30. The number of amides is 3. The van der Waals surface area contributed by atoms with Gasteiger partial charge in [-0.25, -0.2) is 4.79 Å². The van der Waals surface area contributed by atoms with Gasteiger partial charge in [0.2, 0.25) is 0 Å². The van der Waals surface area contributed by atoms with Crippen molar-refractivity contribution in [3.63, 3.8) is 0 Å². The van der Waals surface area contributed by atoms with Crippen LogP contribution in [0, 0.1) is 33.2 Å². The molecular weight excluding hydrogens is 454 g/mol. The minimum atomic E-state index is -1.16. The van der Waals surface area contributed by atoms with Gasteiger partial charge in [0.1, 0.15) is 18.2 Å². The van der Waals surface area contributed by atoms with Gasteiger partial charge in [-0.2, -0.15) is 0 Å². The molecule has 0 saturated heterocycles. The van der Waals surface area contributed by atoms with Crippen molar-refractivity contribution in [3.8, 4) is 12.5 Å². The molecule has 2 aromatic rings. The molecule has 0 aliphatic heterocycles. The molecule has 0 saturated carbocycles. The van der Waals surface area contributed by atoms with E-state index < -0.39 is 36.1 Å². The lowest BCUT2D eigenvalue weighted by molar-refractivity contribution is -0.134. The van der Waals surface area contributed by atoms with Crippen LogP contribution in [0.5, 0.6) is 0 Å². The summed E-state index contributed by atoms with van der Waals surface area (Å²) in [5.41, 5.74) is 2.76. The van der Waals surface area contributed by atoms with Gasteiger partial charge in [0, 0.05) is 6.04 Å². The molecule has 180 valence electrons. The largest absolute Gasteiger partial charge is 0.444 e. The van der Waals surface area contributed by atoms with E-state index in [1.807, 2.05) is 32.9 Å². The van der Waals surface area contributed by atoms with E-state index in [1.165, 1.54) is 0 Å². The SMILES string of the molecule is C#CN(C(=O)CNC(=O)OC(C)(C)C)C(C(=O)Nc1c(C)cccc1Cl)c1cccc(C)c1C. The normalized spacial score (nSPS) is 11.7. The van der Waals surface area contributed by atoms with Crippen molar-refractivity contribution in [2.45, 2.75) is 53.2 Å². The molecular formula is C26H30ClN3O4. The fourth-order valence-electron chi connectivity index (χ4n) is 3.29. The van der Waals surface area contributed by atoms with Crippen molar-refractivity contribution in [2.75, 3.05) is 11.9 Å². The zero-order valence-corrected chi connectivity index (χ0v) is 21.0. The molecule has 0 aromatic heterocycles. The summed E-state index contributed by atoms with van der Waals surface area (Å²) < 4.78 is 5.17. The van der Waals surface area contributed by atoms with Gasteiger partial charge in [0.15, 0.2) is 0 Å². The van der Waals surface area contributed by atoms with Gasteiger partial charge < -0.3 is 15.4 Å². The molecule has 0 bridgehead atoms. The third-order valence-corrected chi connectivity index (χ3v) is 5.42. The molecule has 8 heteroatoms. The van der Waals surface area contributed by atoms with Gasteiger partial charge in [-0.3, -0.25) is 14.5 Å². The van der Waals surface area contributed by atoms with Gasteiger partial charge in [0.25, 0.3) is 11.8 Å². The van der Waals surface area contributed by atoms with Crippen LogP contribution >= 0.6 is 11.6 Å². The second kappa shape index (κ2) is 11.1. The summed E-state index contributed by atoms with van der Waals surface area (Å²) in [6.07, 6.45) is 4.94. The first-order valence-electron chi connectivity index (χ1n) is 10.7. The summed E-state index contributed by atoms with van der Waals surface area (Å²) >= 11 is 6.30. The molecule has 7 nitrogen and oxygen atoms in total. The molecule has 0 fully saturated rings. The second-order valence-electron chi connectivity index (χ2n) is 8.86. The van der Waals surface area contributed by atoms with Gasteiger partial charge >= 0.3 is 6.09 Å². The van der Waals surface area contributed by atoms with Crippen molar-refractivity contribution in [3.05, 3.63) is 63.7 Å². The number of carbonyl (C=O) groups excluding carboxylic acids is 3. The van der Waals surface area contributed by atoms with Crippen LogP contribution in [0.25, 0.3) is 0 Å². The Morgan fingerprint density at radius 1 is 1.09 bits per heavy atom. The fraction of sp³-hybridized carbons (Fsp3) is 0.346. The number of anilines is 1. The van der Waals surface area contributed by atoms with E-state index >= 15 is 0 Å². The van der Waals surface area contributed by atoms with Crippen molar-refractivity contribution in [2.24, 2.45) is 0 Å². The number of aryl methyl sites for hydroxylation is 2. The van der Waals surface area contributed by atoms with Gasteiger partial charge in [-0.05, 0) is 69.9 Å². The van der Waals surface area contributed by atoms with E-state index in [0.717, 1.165) is 21.6 Å². The molecule has 2 aromatic carbocycles. The lowest BCUT2D eigenvalue weighted by Gasteiger charge is -2.28. The minimum absolute atomic E-state index is 0.359. The zero-order chi connectivity index (χ0) is 25.6. The number of hydrogen-bond donors (Lipinski definition) is 2. The highest BCUT2D eigenvalue weighted by Gasteiger charge is 2.33. The Balaban J connectivity index is 2.41.